The number of ether oxygens (including phenoxy) is 2. The van der Waals surface area contributed by atoms with Gasteiger partial charge >= 0.3 is 12.2 Å². The minimum absolute atomic E-state index is 0.159. The number of aromatic nitrogens is 1. The van der Waals surface area contributed by atoms with Gasteiger partial charge in [0, 0.05) is 18.0 Å². The fourth-order valence-electron chi connectivity index (χ4n) is 3.85. The molecule has 2 amide bonds. The second kappa shape index (κ2) is 9.63. The van der Waals surface area contributed by atoms with Gasteiger partial charge in [0.25, 0.3) is 0 Å². The number of pyridine rings is 1. The molecule has 1 aliphatic heterocycles. The molecule has 0 fully saturated rings. The highest BCUT2D eigenvalue weighted by molar-refractivity contribution is 7.92. The van der Waals surface area contributed by atoms with Gasteiger partial charge in [-0.25, -0.2) is 23.0 Å². The number of nitrogens with zero attached hydrogens (tertiary/aromatic N) is 3. The highest BCUT2D eigenvalue weighted by Gasteiger charge is 2.36. The molecular weight excluding hydrogens is 472 g/mol. The van der Waals surface area contributed by atoms with E-state index in [1.807, 2.05) is 13.0 Å². The van der Waals surface area contributed by atoms with Crippen molar-refractivity contribution in [3.8, 4) is 17.0 Å². The Kier molecular flexibility index (Phi) is 6.61. The lowest BCUT2D eigenvalue weighted by Crippen LogP contribution is -2.52. The Labute approximate surface area is 203 Å². The van der Waals surface area contributed by atoms with Gasteiger partial charge in [0.2, 0.25) is 15.9 Å². The lowest BCUT2D eigenvalue weighted by molar-refractivity contribution is 0.175. The molecule has 0 spiro atoms. The van der Waals surface area contributed by atoms with Crippen LogP contribution in [0, 0.1) is 0 Å². The molecule has 0 unspecified atom stereocenters. The third-order valence-electron chi connectivity index (χ3n) is 5.36. The van der Waals surface area contributed by atoms with Crippen molar-refractivity contribution in [2.75, 3.05) is 34.4 Å². The summed E-state index contributed by atoms with van der Waals surface area (Å²) in [7, 11) is -2.09. The first kappa shape index (κ1) is 24.0. The average molecular weight is 497 g/mol. The molecule has 1 aliphatic rings. The molecule has 2 aromatic carbocycles. The van der Waals surface area contributed by atoms with Crippen LogP contribution in [0.2, 0.25) is 0 Å². The molecule has 35 heavy (non-hydrogen) atoms. The van der Waals surface area contributed by atoms with E-state index in [9.17, 15) is 18.0 Å². The van der Waals surface area contributed by atoms with E-state index >= 15 is 0 Å². The van der Waals surface area contributed by atoms with Gasteiger partial charge in [-0.05, 0) is 48.4 Å². The number of nitrogens with one attached hydrogen (secondary N) is 1. The average Bonchev–Trinajstić information content (AvgIpc) is 2.83. The fourth-order valence-corrected chi connectivity index (χ4v) is 4.42. The third kappa shape index (κ3) is 5.35. The molecule has 1 atom stereocenters. The molecule has 0 saturated carbocycles. The second-order valence-corrected chi connectivity index (χ2v) is 9.74. The van der Waals surface area contributed by atoms with Crippen LogP contribution in [0.4, 0.5) is 26.7 Å². The van der Waals surface area contributed by atoms with Crippen LogP contribution in [0.25, 0.3) is 11.1 Å². The molecule has 10 nitrogen and oxygen atoms in total. The molecule has 11 heteroatoms. The third-order valence-corrected chi connectivity index (χ3v) is 5.96. The van der Waals surface area contributed by atoms with Gasteiger partial charge in [-0.1, -0.05) is 24.3 Å². The molecule has 0 radical (unpaired) electrons. The maximum Gasteiger partial charge on any atom is 0.421 e. The van der Waals surface area contributed by atoms with Crippen LogP contribution in [-0.4, -0.2) is 51.5 Å². The molecule has 1 aromatic heterocycles. The Morgan fingerprint density at radius 2 is 1.71 bits per heavy atom. The number of fused-ring (bicyclic) bond motifs is 1. The Morgan fingerprint density at radius 3 is 2.34 bits per heavy atom. The zero-order valence-corrected chi connectivity index (χ0v) is 20.2. The molecule has 4 rings (SSSR count). The van der Waals surface area contributed by atoms with Crippen molar-refractivity contribution in [2.24, 2.45) is 0 Å². The number of hydrogen-bond acceptors (Lipinski definition) is 7. The topological polar surface area (TPSA) is 118 Å². The predicted octanol–water partition coefficient (Wildman–Crippen LogP) is 4.10. The van der Waals surface area contributed by atoms with Crippen molar-refractivity contribution in [3.05, 3.63) is 66.9 Å². The van der Waals surface area contributed by atoms with Crippen molar-refractivity contribution in [3.63, 3.8) is 0 Å². The van der Waals surface area contributed by atoms with E-state index in [0.29, 0.717) is 17.1 Å². The first-order chi connectivity index (χ1) is 16.7. The number of sulfonamides is 1. The van der Waals surface area contributed by atoms with E-state index in [1.165, 1.54) is 23.1 Å². The first-order valence-electron chi connectivity index (χ1n) is 10.7. The molecule has 0 saturated heterocycles. The second-order valence-electron chi connectivity index (χ2n) is 7.99. The summed E-state index contributed by atoms with van der Waals surface area (Å²) in [5.74, 6) is 0.159. The summed E-state index contributed by atoms with van der Waals surface area (Å²) in [6.45, 7) is 1.98. The van der Waals surface area contributed by atoms with E-state index in [1.54, 1.807) is 54.6 Å². The zero-order valence-electron chi connectivity index (χ0n) is 19.3. The van der Waals surface area contributed by atoms with Crippen LogP contribution in [0.3, 0.4) is 0 Å². The maximum absolute atomic E-state index is 13.1. The van der Waals surface area contributed by atoms with Crippen molar-refractivity contribution in [1.82, 2.24) is 4.98 Å². The van der Waals surface area contributed by atoms with Crippen LogP contribution in [0.15, 0.2) is 66.9 Å². The largest absolute Gasteiger partial charge is 0.452 e. The van der Waals surface area contributed by atoms with Crippen LogP contribution in [0.1, 0.15) is 6.92 Å². The number of methoxy groups -OCH3 is 1. The summed E-state index contributed by atoms with van der Waals surface area (Å²) in [6.07, 6.45) is 1.43. The predicted molar refractivity (Wildman–Crippen MR) is 132 cm³/mol. The van der Waals surface area contributed by atoms with Crippen molar-refractivity contribution in [2.45, 2.75) is 13.0 Å². The summed E-state index contributed by atoms with van der Waals surface area (Å²) in [5, 5.41) is 0. The number of anilines is 3. The van der Waals surface area contributed by atoms with Crippen LogP contribution >= 0.6 is 0 Å². The summed E-state index contributed by atoms with van der Waals surface area (Å²) in [5.41, 5.74) is 2.93. The van der Waals surface area contributed by atoms with Crippen molar-refractivity contribution < 1.29 is 27.5 Å². The van der Waals surface area contributed by atoms with E-state index < -0.39 is 22.2 Å². The van der Waals surface area contributed by atoms with E-state index in [-0.39, 0.29) is 18.5 Å². The number of rotatable bonds is 4. The SMILES string of the molecule is COC(=O)N1c2ccc(-c3ccc(NS(C)(=O)=O)cc3)cc2N(C(=O)Oc2ccccn2)C[C@@H]1C. The summed E-state index contributed by atoms with van der Waals surface area (Å²) in [4.78, 5) is 32.6. The van der Waals surface area contributed by atoms with E-state index in [4.69, 9.17) is 9.47 Å². The number of hydrogen-bond donors (Lipinski definition) is 1. The normalized spacial score (nSPS) is 15.2. The monoisotopic (exact) mass is 496 g/mol. The van der Waals surface area contributed by atoms with Gasteiger partial charge < -0.3 is 9.47 Å². The highest BCUT2D eigenvalue weighted by Crippen LogP contribution is 2.39. The van der Waals surface area contributed by atoms with E-state index in [2.05, 4.69) is 9.71 Å². The van der Waals surface area contributed by atoms with Gasteiger partial charge in [0.15, 0.2) is 0 Å². The summed E-state index contributed by atoms with van der Waals surface area (Å²) in [6, 6.07) is 16.8. The fraction of sp³-hybridized carbons (Fsp3) is 0.208. The van der Waals surface area contributed by atoms with Crippen LogP contribution < -0.4 is 19.3 Å². The quantitative estimate of drug-likeness (QED) is 0.578. The van der Waals surface area contributed by atoms with Gasteiger partial charge in [0.05, 0.1) is 37.3 Å². The molecule has 182 valence electrons. The molecule has 1 N–H and O–H groups in total. The number of amides is 2. The lowest BCUT2D eigenvalue weighted by atomic mass is 10.0. The Hall–Kier alpha value is -4.12. The maximum atomic E-state index is 13.1. The highest BCUT2D eigenvalue weighted by atomic mass is 32.2. The number of carbonyl (C=O) groups is 2. The molecule has 3 aromatic rings. The zero-order chi connectivity index (χ0) is 25.2. The number of benzene rings is 2. The van der Waals surface area contributed by atoms with Gasteiger partial charge in [-0.2, -0.15) is 0 Å². The Balaban J connectivity index is 1.72. The smallest absolute Gasteiger partial charge is 0.421 e. The van der Waals surface area contributed by atoms with Crippen molar-refractivity contribution in [1.29, 1.82) is 0 Å². The number of carbonyl (C=O) groups excluding carboxylic acids is 2. The lowest BCUT2D eigenvalue weighted by Gasteiger charge is -2.39. The summed E-state index contributed by atoms with van der Waals surface area (Å²) < 4.78 is 35.8. The minimum Gasteiger partial charge on any atom is -0.452 e. The molecule has 0 bridgehead atoms. The van der Waals surface area contributed by atoms with Crippen LogP contribution in [-0.2, 0) is 14.8 Å². The minimum atomic E-state index is -3.39. The molecule has 2 heterocycles. The van der Waals surface area contributed by atoms with Crippen molar-refractivity contribution >= 4 is 39.3 Å². The summed E-state index contributed by atoms with van der Waals surface area (Å²) >= 11 is 0. The molecular formula is C24H24N4O6S. The standard InChI is InChI=1S/C24H24N4O6S/c1-16-15-27(23(29)34-22-6-4-5-13-25-22)21-14-18(9-12-20(21)28(16)24(30)33-2)17-7-10-19(11-8-17)26-35(3,31)32/h4-14,16,26H,15H2,1-3H3/t16-/m0/s1. The Morgan fingerprint density at radius 1 is 1.00 bits per heavy atom. The van der Waals surface area contributed by atoms with E-state index in [0.717, 1.165) is 17.4 Å². The van der Waals surface area contributed by atoms with Gasteiger partial charge in [-0.3, -0.25) is 14.5 Å². The molecule has 0 aliphatic carbocycles. The first-order valence-corrected chi connectivity index (χ1v) is 12.6. The van der Waals surface area contributed by atoms with Gasteiger partial charge in [0.1, 0.15) is 0 Å². The Bertz CT molecular complexity index is 1350. The van der Waals surface area contributed by atoms with Crippen LogP contribution in [0.5, 0.6) is 5.88 Å². The van der Waals surface area contributed by atoms with Gasteiger partial charge in [-0.15, -0.1) is 0 Å².